The lowest BCUT2D eigenvalue weighted by Gasteiger charge is -2.24. The highest BCUT2D eigenvalue weighted by Crippen LogP contribution is 2.33. The van der Waals surface area contributed by atoms with E-state index < -0.39 is 17.6 Å². The van der Waals surface area contributed by atoms with Crippen molar-refractivity contribution in [1.82, 2.24) is 9.78 Å². The second-order valence-electron chi connectivity index (χ2n) is 7.14. The fraction of sp³-hybridized carbons (Fsp3) is 0.333. The molecule has 1 unspecified atom stereocenters. The minimum absolute atomic E-state index is 0.0632. The van der Waals surface area contributed by atoms with E-state index in [1.54, 1.807) is 10.9 Å². The maximum atomic E-state index is 13.4. The molecular formula is C18H18FN5O2. The molecule has 26 heavy (non-hydrogen) atoms. The van der Waals surface area contributed by atoms with E-state index in [2.05, 4.69) is 15.7 Å². The second kappa shape index (κ2) is 6.26. The lowest BCUT2D eigenvalue weighted by Crippen LogP contribution is -2.31. The number of halogens is 1. The molecule has 0 radical (unpaired) electrons. The normalized spacial score (nSPS) is 16.4. The highest BCUT2D eigenvalue weighted by molar-refractivity contribution is 6.05. The maximum absolute atomic E-state index is 13.4. The summed E-state index contributed by atoms with van der Waals surface area (Å²) in [6, 6.07) is 5.91. The number of anilines is 2. The Kier molecular flexibility index (Phi) is 4.24. The van der Waals surface area contributed by atoms with Gasteiger partial charge in [0.25, 0.3) is 0 Å². The van der Waals surface area contributed by atoms with E-state index in [1.165, 1.54) is 18.2 Å². The number of benzene rings is 1. The molecule has 2 aromatic rings. The lowest BCUT2D eigenvalue weighted by molar-refractivity contribution is -0.123. The molecule has 0 aliphatic carbocycles. The van der Waals surface area contributed by atoms with Gasteiger partial charge in [-0.25, -0.2) is 4.39 Å². The van der Waals surface area contributed by atoms with E-state index in [-0.39, 0.29) is 34.9 Å². The van der Waals surface area contributed by atoms with Crippen LogP contribution in [0.25, 0.3) is 0 Å². The molecule has 7 nitrogen and oxygen atoms in total. The van der Waals surface area contributed by atoms with Crippen LogP contribution in [0.15, 0.2) is 24.4 Å². The Morgan fingerprint density at radius 2 is 2.19 bits per heavy atom. The number of carbonyl (C=O) groups is 2. The Labute approximate surface area is 149 Å². The standard InChI is InChI=1S/C18H18FN5O2/c1-18(2,3)24-9-10(8-20)16(23-24)22-17(26)13-7-15(25)21-14-6-11(19)4-5-12(13)14/h4-6,9,13H,7H2,1-3H3,(H,21,25)(H,22,23,26). The lowest BCUT2D eigenvalue weighted by atomic mass is 9.89. The largest absolute Gasteiger partial charge is 0.326 e. The van der Waals surface area contributed by atoms with Gasteiger partial charge in [-0.05, 0) is 38.5 Å². The zero-order chi connectivity index (χ0) is 19.1. The van der Waals surface area contributed by atoms with Crippen molar-refractivity contribution < 1.29 is 14.0 Å². The van der Waals surface area contributed by atoms with Gasteiger partial charge in [0.15, 0.2) is 5.82 Å². The number of hydrogen-bond donors (Lipinski definition) is 2. The average molecular weight is 355 g/mol. The molecular weight excluding hydrogens is 337 g/mol. The fourth-order valence-electron chi connectivity index (χ4n) is 2.77. The van der Waals surface area contributed by atoms with Gasteiger partial charge in [0.1, 0.15) is 17.4 Å². The van der Waals surface area contributed by atoms with E-state index >= 15 is 0 Å². The Balaban J connectivity index is 1.91. The summed E-state index contributed by atoms with van der Waals surface area (Å²) in [5, 5.41) is 18.8. The Bertz CT molecular complexity index is 936. The fourth-order valence-corrected chi connectivity index (χ4v) is 2.77. The molecule has 1 aliphatic rings. The summed E-state index contributed by atoms with van der Waals surface area (Å²) < 4.78 is 15.0. The first-order valence-corrected chi connectivity index (χ1v) is 8.09. The zero-order valence-corrected chi connectivity index (χ0v) is 14.6. The number of rotatable bonds is 2. The molecule has 8 heteroatoms. The van der Waals surface area contributed by atoms with Crippen LogP contribution in [0.4, 0.5) is 15.9 Å². The number of hydrogen-bond acceptors (Lipinski definition) is 4. The number of nitriles is 1. The van der Waals surface area contributed by atoms with Crippen molar-refractivity contribution in [3.05, 3.63) is 41.3 Å². The van der Waals surface area contributed by atoms with Gasteiger partial charge >= 0.3 is 0 Å². The van der Waals surface area contributed by atoms with Crippen LogP contribution in [0.5, 0.6) is 0 Å². The molecule has 1 aromatic heterocycles. The molecule has 0 bridgehead atoms. The van der Waals surface area contributed by atoms with Crippen molar-refractivity contribution in [1.29, 1.82) is 5.26 Å². The van der Waals surface area contributed by atoms with Crippen molar-refractivity contribution in [3.63, 3.8) is 0 Å². The monoisotopic (exact) mass is 355 g/mol. The average Bonchev–Trinajstić information content (AvgIpc) is 2.96. The summed E-state index contributed by atoms with van der Waals surface area (Å²) in [7, 11) is 0. The van der Waals surface area contributed by atoms with E-state index in [9.17, 15) is 19.2 Å². The molecule has 134 valence electrons. The van der Waals surface area contributed by atoms with Crippen molar-refractivity contribution in [2.24, 2.45) is 0 Å². The number of nitrogens with zero attached hydrogens (tertiary/aromatic N) is 3. The smallest absolute Gasteiger partial charge is 0.233 e. The maximum Gasteiger partial charge on any atom is 0.233 e. The van der Waals surface area contributed by atoms with Gasteiger partial charge in [0, 0.05) is 18.3 Å². The summed E-state index contributed by atoms with van der Waals surface area (Å²) in [6.45, 7) is 5.76. The number of aromatic nitrogens is 2. The van der Waals surface area contributed by atoms with Crippen molar-refractivity contribution in [2.45, 2.75) is 38.6 Å². The van der Waals surface area contributed by atoms with Gasteiger partial charge < -0.3 is 10.6 Å². The summed E-state index contributed by atoms with van der Waals surface area (Å²) in [4.78, 5) is 24.6. The van der Waals surface area contributed by atoms with Crippen LogP contribution >= 0.6 is 0 Å². The number of fused-ring (bicyclic) bond motifs is 1. The van der Waals surface area contributed by atoms with Crippen LogP contribution in [0.2, 0.25) is 0 Å². The van der Waals surface area contributed by atoms with Gasteiger partial charge in [-0.2, -0.15) is 10.4 Å². The quantitative estimate of drug-likeness (QED) is 0.865. The van der Waals surface area contributed by atoms with Crippen LogP contribution in [0.3, 0.4) is 0 Å². The van der Waals surface area contributed by atoms with Crippen molar-refractivity contribution in [2.75, 3.05) is 10.6 Å². The topological polar surface area (TPSA) is 99.8 Å². The van der Waals surface area contributed by atoms with Crippen LogP contribution in [0.1, 0.15) is 44.2 Å². The van der Waals surface area contributed by atoms with Crippen LogP contribution in [-0.2, 0) is 15.1 Å². The molecule has 1 aliphatic heterocycles. The van der Waals surface area contributed by atoms with E-state index in [0.29, 0.717) is 5.56 Å². The first kappa shape index (κ1) is 17.6. The Morgan fingerprint density at radius 3 is 2.85 bits per heavy atom. The molecule has 3 rings (SSSR count). The van der Waals surface area contributed by atoms with Crippen LogP contribution in [-0.4, -0.2) is 21.6 Å². The predicted molar refractivity (Wildman–Crippen MR) is 93.0 cm³/mol. The molecule has 0 spiro atoms. The zero-order valence-electron chi connectivity index (χ0n) is 14.6. The molecule has 0 saturated carbocycles. The molecule has 2 N–H and O–H groups in total. The number of nitrogens with one attached hydrogen (secondary N) is 2. The summed E-state index contributed by atoms with van der Waals surface area (Å²) in [6.07, 6.45) is 1.50. The van der Waals surface area contributed by atoms with Gasteiger partial charge in [-0.15, -0.1) is 0 Å². The van der Waals surface area contributed by atoms with Crippen molar-refractivity contribution >= 4 is 23.3 Å². The predicted octanol–water partition coefficient (Wildman–Crippen LogP) is 2.71. The van der Waals surface area contributed by atoms with Gasteiger partial charge in [-0.1, -0.05) is 6.07 Å². The Hall–Kier alpha value is -3.21. The van der Waals surface area contributed by atoms with E-state index in [4.69, 9.17) is 0 Å². The third kappa shape index (κ3) is 3.28. The minimum Gasteiger partial charge on any atom is -0.326 e. The summed E-state index contributed by atoms with van der Waals surface area (Å²) in [5.41, 5.74) is 0.677. The third-order valence-corrected chi connectivity index (χ3v) is 4.13. The highest BCUT2D eigenvalue weighted by atomic mass is 19.1. The molecule has 1 aromatic carbocycles. The third-order valence-electron chi connectivity index (χ3n) is 4.13. The molecule has 2 heterocycles. The highest BCUT2D eigenvalue weighted by Gasteiger charge is 2.32. The van der Waals surface area contributed by atoms with Crippen molar-refractivity contribution in [3.8, 4) is 6.07 Å². The minimum atomic E-state index is -0.786. The van der Waals surface area contributed by atoms with Gasteiger partial charge in [-0.3, -0.25) is 14.3 Å². The van der Waals surface area contributed by atoms with Gasteiger partial charge in [0.05, 0.1) is 11.5 Å². The molecule has 0 fully saturated rings. The first-order valence-electron chi connectivity index (χ1n) is 8.09. The molecule has 0 saturated heterocycles. The molecule has 2 amide bonds. The summed E-state index contributed by atoms with van der Waals surface area (Å²) in [5.74, 6) is -1.99. The summed E-state index contributed by atoms with van der Waals surface area (Å²) >= 11 is 0. The SMILES string of the molecule is CC(C)(C)n1cc(C#N)c(NC(=O)C2CC(=O)Nc3cc(F)ccc32)n1. The van der Waals surface area contributed by atoms with Crippen LogP contribution in [0, 0.1) is 17.1 Å². The molecule has 1 atom stereocenters. The first-order chi connectivity index (χ1) is 12.2. The second-order valence-corrected chi connectivity index (χ2v) is 7.14. The number of amides is 2. The van der Waals surface area contributed by atoms with Crippen LogP contribution < -0.4 is 10.6 Å². The van der Waals surface area contributed by atoms with E-state index in [0.717, 1.165) is 0 Å². The number of carbonyl (C=O) groups excluding carboxylic acids is 2. The Morgan fingerprint density at radius 1 is 1.46 bits per heavy atom. The van der Waals surface area contributed by atoms with E-state index in [1.807, 2.05) is 26.8 Å². The van der Waals surface area contributed by atoms with Gasteiger partial charge in [0.2, 0.25) is 11.8 Å².